The normalized spacial score (nSPS) is 23.4. The van der Waals surface area contributed by atoms with E-state index in [1.54, 1.807) is 7.11 Å². The summed E-state index contributed by atoms with van der Waals surface area (Å²) in [5.74, 6) is 1.39. The Balaban J connectivity index is 1.30. The molecule has 2 aliphatic heterocycles. The molecule has 2 aromatic rings. The average molecular weight is 408 g/mol. The highest BCUT2D eigenvalue weighted by Gasteiger charge is 2.40. The van der Waals surface area contributed by atoms with Crippen LogP contribution in [0.1, 0.15) is 56.6 Å². The van der Waals surface area contributed by atoms with E-state index in [0.717, 1.165) is 30.8 Å². The molecule has 0 saturated carbocycles. The number of benzene rings is 2. The molecule has 2 aliphatic rings. The largest absolute Gasteiger partial charge is 0.497 e. The highest BCUT2D eigenvalue weighted by molar-refractivity contribution is 5.89. The van der Waals surface area contributed by atoms with Crippen LogP contribution in [0.2, 0.25) is 0 Å². The Morgan fingerprint density at radius 3 is 2.23 bits per heavy atom. The Morgan fingerprint density at radius 1 is 1.03 bits per heavy atom. The lowest BCUT2D eigenvalue weighted by Crippen LogP contribution is -2.50. The van der Waals surface area contributed by atoms with Crippen LogP contribution in [-0.2, 0) is 6.54 Å². The Kier molecular flexibility index (Phi) is 6.28. The lowest BCUT2D eigenvalue weighted by molar-refractivity contribution is 0.112. The molecule has 2 atom stereocenters. The smallest absolute Gasteiger partial charge is 0.319 e. The van der Waals surface area contributed by atoms with Gasteiger partial charge in [-0.05, 0) is 67.0 Å². The topological polar surface area (TPSA) is 53.6 Å². The second kappa shape index (κ2) is 9.09. The fourth-order valence-corrected chi connectivity index (χ4v) is 4.90. The van der Waals surface area contributed by atoms with Crippen LogP contribution in [0.4, 0.5) is 10.5 Å². The number of ether oxygens (including phenoxy) is 1. The van der Waals surface area contributed by atoms with Crippen molar-refractivity contribution in [2.45, 2.75) is 70.1 Å². The highest BCUT2D eigenvalue weighted by atomic mass is 16.5. The second-order valence-corrected chi connectivity index (χ2v) is 8.95. The third-order valence-corrected chi connectivity index (χ3v) is 6.58. The lowest BCUT2D eigenvalue weighted by atomic mass is 9.96. The number of piperidine rings is 1. The monoisotopic (exact) mass is 407 g/mol. The van der Waals surface area contributed by atoms with Crippen LogP contribution in [0.3, 0.4) is 0 Å². The van der Waals surface area contributed by atoms with E-state index >= 15 is 0 Å². The van der Waals surface area contributed by atoms with E-state index in [-0.39, 0.29) is 12.1 Å². The summed E-state index contributed by atoms with van der Waals surface area (Å²) >= 11 is 0. The van der Waals surface area contributed by atoms with Gasteiger partial charge in [0.2, 0.25) is 0 Å². The van der Waals surface area contributed by atoms with Crippen molar-refractivity contribution in [2.24, 2.45) is 0 Å². The molecule has 0 aliphatic carbocycles. The standard InChI is InChI=1S/C25H33N3O2/c1-17(2)19-6-8-20(9-7-19)26-25(29)27-21-14-22-10-11-23(15-21)28(22)16-18-4-12-24(30-3)13-5-18/h4-9,12-13,17,21-23H,10-11,14-16H2,1-3H3,(H2,26,27,29). The van der Waals surface area contributed by atoms with E-state index < -0.39 is 0 Å². The number of methoxy groups -OCH3 is 1. The van der Waals surface area contributed by atoms with Gasteiger partial charge in [0.05, 0.1) is 7.11 Å². The van der Waals surface area contributed by atoms with Crippen molar-refractivity contribution in [3.05, 3.63) is 59.7 Å². The summed E-state index contributed by atoms with van der Waals surface area (Å²) in [7, 11) is 1.70. The zero-order chi connectivity index (χ0) is 21.1. The van der Waals surface area contributed by atoms with Crippen LogP contribution in [0.25, 0.3) is 0 Å². The number of amides is 2. The molecule has 2 heterocycles. The van der Waals surface area contributed by atoms with Gasteiger partial charge in [-0.1, -0.05) is 38.1 Å². The van der Waals surface area contributed by atoms with Crippen molar-refractivity contribution >= 4 is 11.7 Å². The number of nitrogens with one attached hydrogen (secondary N) is 2. The first-order valence-electron chi connectivity index (χ1n) is 11.1. The van der Waals surface area contributed by atoms with Crippen LogP contribution in [-0.4, -0.2) is 36.2 Å². The summed E-state index contributed by atoms with van der Waals surface area (Å²) in [5.41, 5.74) is 3.44. The Morgan fingerprint density at radius 2 is 1.67 bits per heavy atom. The molecule has 30 heavy (non-hydrogen) atoms. The average Bonchev–Trinajstić information content (AvgIpc) is 2.96. The third-order valence-electron chi connectivity index (χ3n) is 6.58. The second-order valence-electron chi connectivity index (χ2n) is 8.95. The van der Waals surface area contributed by atoms with Gasteiger partial charge >= 0.3 is 6.03 Å². The number of carbonyl (C=O) groups excluding carboxylic acids is 1. The van der Waals surface area contributed by atoms with Gasteiger partial charge in [0.25, 0.3) is 0 Å². The van der Waals surface area contributed by atoms with Crippen molar-refractivity contribution in [1.29, 1.82) is 0 Å². The molecule has 5 heteroatoms. The van der Waals surface area contributed by atoms with Crippen molar-refractivity contribution < 1.29 is 9.53 Å². The number of hydrogen-bond acceptors (Lipinski definition) is 3. The molecule has 5 nitrogen and oxygen atoms in total. The van der Waals surface area contributed by atoms with Crippen LogP contribution >= 0.6 is 0 Å². The van der Waals surface area contributed by atoms with Crippen molar-refractivity contribution in [1.82, 2.24) is 10.2 Å². The van der Waals surface area contributed by atoms with E-state index in [1.807, 2.05) is 24.3 Å². The molecule has 2 fully saturated rings. The molecule has 0 aromatic heterocycles. The number of fused-ring (bicyclic) bond motifs is 2. The summed E-state index contributed by atoms with van der Waals surface area (Å²) in [4.78, 5) is 15.1. The van der Waals surface area contributed by atoms with Crippen molar-refractivity contribution in [2.75, 3.05) is 12.4 Å². The van der Waals surface area contributed by atoms with Crippen LogP contribution in [0, 0.1) is 0 Å². The Labute approximate surface area is 179 Å². The minimum absolute atomic E-state index is 0.0969. The number of nitrogens with zero attached hydrogens (tertiary/aromatic N) is 1. The summed E-state index contributed by atoms with van der Waals surface area (Å²) in [6.07, 6.45) is 4.48. The summed E-state index contributed by atoms with van der Waals surface area (Å²) in [6, 6.07) is 17.7. The number of carbonyl (C=O) groups is 1. The van der Waals surface area contributed by atoms with Gasteiger partial charge < -0.3 is 15.4 Å². The van der Waals surface area contributed by atoms with E-state index in [1.165, 1.54) is 24.0 Å². The van der Waals surface area contributed by atoms with Gasteiger partial charge in [-0.25, -0.2) is 4.79 Å². The number of rotatable bonds is 6. The minimum atomic E-state index is -0.0969. The molecule has 4 rings (SSSR count). The lowest BCUT2D eigenvalue weighted by Gasteiger charge is -2.39. The molecule has 2 aromatic carbocycles. The first-order chi connectivity index (χ1) is 14.5. The molecule has 0 radical (unpaired) electrons. The maximum Gasteiger partial charge on any atom is 0.319 e. The van der Waals surface area contributed by atoms with Crippen LogP contribution < -0.4 is 15.4 Å². The summed E-state index contributed by atoms with van der Waals surface area (Å²) < 4.78 is 5.26. The maximum absolute atomic E-state index is 12.5. The highest BCUT2D eigenvalue weighted by Crippen LogP contribution is 2.37. The first kappa shape index (κ1) is 20.7. The Bertz CT molecular complexity index is 834. The van der Waals surface area contributed by atoms with Crippen molar-refractivity contribution in [3.8, 4) is 5.75 Å². The van der Waals surface area contributed by atoms with E-state index in [0.29, 0.717) is 18.0 Å². The summed E-state index contributed by atoms with van der Waals surface area (Å²) in [6.45, 7) is 5.31. The third kappa shape index (κ3) is 4.78. The molecule has 160 valence electrons. The fourth-order valence-electron chi connectivity index (χ4n) is 4.90. The number of urea groups is 1. The fraction of sp³-hybridized carbons (Fsp3) is 0.480. The number of anilines is 1. The maximum atomic E-state index is 12.5. The molecule has 2 unspecified atom stereocenters. The van der Waals surface area contributed by atoms with Gasteiger partial charge in [-0.2, -0.15) is 0 Å². The van der Waals surface area contributed by atoms with Crippen LogP contribution in [0.15, 0.2) is 48.5 Å². The van der Waals surface area contributed by atoms with Gasteiger partial charge in [0.15, 0.2) is 0 Å². The molecule has 2 N–H and O–H groups in total. The van der Waals surface area contributed by atoms with Gasteiger partial charge in [-0.3, -0.25) is 4.90 Å². The van der Waals surface area contributed by atoms with E-state index in [9.17, 15) is 4.79 Å². The summed E-state index contributed by atoms with van der Waals surface area (Å²) in [5, 5.41) is 6.20. The number of hydrogen-bond donors (Lipinski definition) is 2. The predicted octanol–water partition coefficient (Wildman–Crippen LogP) is 5.14. The van der Waals surface area contributed by atoms with Gasteiger partial charge in [0, 0.05) is 30.4 Å². The molecular weight excluding hydrogens is 374 g/mol. The molecule has 2 bridgehead atoms. The zero-order valence-electron chi connectivity index (χ0n) is 18.2. The molecular formula is C25H33N3O2. The first-order valence-corrected chi connectivity index (χ1v) is 11.1. The predicted molar refractivity (Wildman–Crippen MR) is 121 cm³/mol. The zero-order valence-corrected chi connectivity index (χ0v) is 18.2. The van der Waals surface area contributed by atoms with Crippen LogP contribution in [0.5, 0.6) is 5.75 Å². The molecule has 2 amide bonds. The van der Waals surface area contributed by atoms with Crippen molar-refractivity contribution in [3.63, 3.8) is 0 Å². The van der Waals surface area contributed by atoms with Gasteiger partial charge in [0.1, 0.15) is 5.75 Å². The quantitative estimate of drug-likeness (QED) is 0.697. The van der Waals surface area contributed by atoms with E-state index in [2.05, 4.69) is 53.6 Å². The Hall–Kier alpha value is -2.53. The molecule has 0 spiro atoms. The minimum Gasteiger partial charge on any atom is -0.497 e. The van der Waals surface area contributed by atoms with E-state index in [4.69, 9.17) is 4.74 Å². The molecule has 2 saturated heterocycles. The SMILES string of the molecule is COc1ccc(CN2C3CCC2CC(NC(=O)Nc2ccc(C(C)C)cc2)C3)cc1. The van der Waals surface area contributed by atoms with Gasteiger partial charge in [-0.15, -0.1) is 0 Å².